The molecule has 0 aliphatic carbocycles. The van der Waals surface area contributed by atoms with Crippen LogP contribution in [-0.4, -0.2) is 50.5 Å². The lowest BCUT2D eigenvalue weighted by atomic mass is 10.1. The Morgan fingerprint density at radius 2 is 1.97 bits per heavy atom. The maximum Gasteiger partial charge on any atom is 0.193 e. The molecule has 2 aromatic rings. The predicted molar refractivity (Wildman–Crippen MR) is 124 cm³/mol. The Labute approximate surface area is 181 Å². The Hall–Kier alpha value is -3.49. The third-order valence-electron chi connectivity index (χ3n) is 5.55. The van der Waals surface area contributed by atoms with E-state index < -0.39 is 0 Å². The number of hydrogen-bond donors (Lipinski definition) is 3. The number of nitrogens with two attached hydrogens (primary N) is 1. The molecule has 8 heteroatoms. The highest BCUT2D eigenvalue weighted by molar-refractivity contribution is 6.02. The highest BCUT2D eigenvalue weighted by Gasteiger charge is 2.28. The van der Waals surface area contributed by atoms with Gasteiger partial charge in [-0.25, -0.2) is 4.99 Å². The van der Waals surface area contributed by atoms with Crippen LogP contribution in [0.15, 0.2) is 65.7 Å². The van der Waals surface area contributed by atoms with Gasteiger partial charge in [-0.15, -0.1) is 0 Å². The Kier molecular flexibility index (Phi) is 5.23. The van der Waals surface area contributed by atoms with Crippen molar-refractivity contribution in [1.29, 1.82) is 0 Å². The number of aliphatic imine (C=N–C) groups is 1. The summed E-state index contributed by atoms with van der Waals surface area (Å²) in [7, 11) is 1.62. The number of allylic oxidation sites excluding steroid dienone is 2. The summed E-state index contributed by atoms with van der Waals surface area (Å²) in [6, 6.07) is 14.2. The van der Waals surface area contributed by atoms with E-state index in [1.165, 1.54) is 5.69 Å². The topological polar surface area (TPSA) is 87.4 Å². The molecule has 3 aliphatic rings. The van der Waals surface area contributed by atoms with Crippen LogP contribution in [0.1, 0.15) is 5.56 Å². The first-order valence-corrected chi connectivity index (χ1v) is 10.4. The number of anilines is 3. The largest absolute Gasteiger partial charge is 0.495 e. The van der Waals surface area contributed by atoms with Crippen LogP contribution in [-0.2, 0) is 4.74 Å². The number of nitrogens with zero attached hydrogens (tertiary/aromatic N) is 3. The van der Waals surface area contributed by atoms with Crippen molar-refractivity contribution < 1.29 is 9.47 Å². The maximum absolute atomic E-state index is 6.11. The second-order valence-corrected chi connectivity index (χ2v) is 7.51. The molecule has 31 heavy (non-hydrogen) atoms. The quantitative estimate of drug-likeness (QED) is 0.644. The summed E-state index contributed by atoms with van der Waals surface area (Å²) >= 11 is 0. The molecule has 8 nitrogen and oxygen atoms in total. The standard InChI is InChI=1S/C23H26N6O2/c1-30-21-10-5-16(15-19(21)24)20-3-2-4-22-26-23(27-29(20)22)25-17-6-8-18(9-7-17)28-11-13-31-14-12-28/h2-10,15,23,25,27H,11-14,24H2,1H3. The van der Waals surface area contributed by atoms with E-state index in [4.69, 9.17) is 20.2 Å². The van der Waals surface area contributed by atoms with Crippen molar-refractivity contribution >= 4 is 28.6 Å². The molecule has 0 bridgehead atoms. The number of rotatable bonds is 5. The smallest absolute Gasteiger partial charge is 0.193 e. The average Bonchev–Trinajstić information content (AvgIpc) is 3.22. The van der Waals surface area contributed by atoms with Crippen molar-refractivity contribution in [3.63, 3.8) is 0 Å². The first kappa shape index (κ1) is 19.5. The minimum atomic E-state index is -0.272. The normalized spacial score (nSPS) is 20.2. The third kappa shape index (κ3) is 3.95. The highest BCUT2D eigenvalue weighted by Crippen LogP contribution is 2.30. The van der Waals surface area contributed by atoms with E-state index in [0.29, 0.717) is 11.4 Å². The molecule has 1 fully saturated rings. The van der Waals surface area contributed by atoms with Gasteiger partial charge >= 0.3 is 0 Å². The van der Waals surface area contributed by atoms with Crippen LogP contribution in [0.25, 0.3) is 5.70 Å². The van der Waals surface area contributed by atoms with Gasteiger partial charge < -0.3 is 25.4 Å². The van der Waals surface area contributed by atoms with Crippen LogP contribution >= 0.6 is 0 Å². The Morgan fingerprint density at radius 3 is 2.71 bits per heavy atom. The maximum atomic E-state index is 6.11. The summed E-state index contributed by atoms with van der Waals surface area (Å²) in [5, 5.41) is 5.41. The first-order chi connectivity index (χ1) is 15.2. The van der Waals surface area contributed by atoms with Crippen LogP contribution in [0.2, 0.25) is 0 Å². The minimum absolute atomic E-state index is 0.272. The molecule has 160 valence electrons. The molecule has 0 amide bonds. The number of ether oxygens (including phenoxy) is 2. The predicted octanol–water partition coefficient (Wildman–Crippen LogP) is 2.64. The summed E-state index contributed by atoms with van der Waals surface area (Å²) in [5.41, 5.74) is 14.3. The zero-order chi connectivity index (χ0) is 21.2. The molecular weight excluding hydrogens is 392 g/mol. The summed E-state index contributed by atoms with van der Waals surface area (Å²) in [4.78, 5) is 7.10. The Morgan fingerprint density at radius 1 is 1.16 bits per heavy atom. The van der Waals surface area contributed by atoms with E-state index in [0.717, 1.165) is 49.1 Å². The lowest BCUT2D eigenvalue weighted by Crippen LogP contribution is -2.42. The van der Waals surface area contributed by atoms with Crippen molar-refractivity contribution in [2.24, 2.45) is 4.99 Å². The number of amidine groups is 1. The van der Waals surface area contributed by atoms with Crippen LogP contribution in [0.3, 0.4) is 0 Å². The van der Waals surface area contributed by atoms with E-state index in [2.05, 4.69) is 39.9 Å². The molecule has 5 rings (SSSR count). The summed E-state index contributed by atoms with van der Waals surface area (Å²) in [6.45, 7) is 3.42. The monoisotopic (exact) mass is 418 g/mol. The molecule has 1 atom stereocenters. The van der Waals surface area contributed by atoms with E-state index >= 15 is 0 Å². The summed E-state index contributed by atoms with van der Waals surface area (Å²) in [6.07, 6.45) is 5.73. The number of nitrogens with one attached hydrogen (secondary N) is 2. The molecular formula is C23H26N6O2. The molecule has 2 aromatic carbocycles. The zero-order valence-electron chi connectivity index (χ0n) is 17.4. The van der Waals surface area contributed by atoms with Gasteiger partial charge in [0.1, 0.15) is 11.6 Å². The fourth-order valence-corrected chi connectivity index (χ4v) is 3.95. The van der Waals surface area contributed by atoms with Gasteiger partial charge in [0.25, 0.3) is 0 Å². The van der Waals surface area contributed by atoms with Gasteiger partial charge in [-0.1, -0.05) is 6.08 Å². The van der Waals surface area contributed by atoms with Gasteiger partial charge in [-0.3, -0.25) is 5.01 Å². The summed E-state index contributed by atoms with van der Waals surface area (Å²) in [5.74, 6) is 1.51. The molecule has 3 aliphatic heterocycles. The Balaban J connectivity index is 1.28. The molecule has 1 saturated heterocycles. The fraction of sp³-hybridized carbons (Fsp3) is 0.261. The average molecular weight is 419 g/mol. The molecule has 0 saturated carbocycles. The van der Waals surface area contributed by atoms with Crippen molar-refractivity contribution in [3.8, 4) is 5.75 Å². The van der Waals surface area contributed by atoms with E-state index in [9.17, 15) is 0 Å². The number of nitrogen functional groups attached to an aromatic ring is 1. The molecule has 4 N–H and O–H groups in total. The fourth-order valence-electron chi connectivity index (χ4n) is 3.95. The second kappa shape index (κ2) is 8.33. The van der Waals surface area contributed by atoms with Crippen molar-refractivity contribution in [2.75, 3.05) is 49.4 Å². The van der Waals surface area contributed by atoms with Crippen LogP contribution in [0.5, 0.6) is 5.75 Å². The number of hydrazine groups is 1. The Bertz CT molecular complexity index is 1040. The van der Waals surface area contributed by atoms with Gasteiger partial charge in [0.05, 0.1) is 31.7 Å². The second-order valence-electron chi connectivity index (χ2n) is 7.51. The van der Waals surface area contributed by atoms with Crippen molar-refractivity contribution in [3.05, 3.63) is 66.3 Å². The van der Waals surface area contributed by atoms with Crippen LogP contribution < -0.4 is 26.1 Å². The minimum Gasteiger partial charge on any atom is -0.495 e. The third-order valence-corrected chi connectivity index (χ3v) is 5.55. The lowest BCUT2D eigenvalue weighted by molar-refractivity contribution is 0.122. The van der Waals surface area contributed by atoms with Crippen LogP contribution in [0.4, 0.5) is 17.1 Å². The van der Waals surface area contributed by atoms with E-state index in [1.54, 1.807) is 7.11 Å². The van der Waals surface area contributed by atoms with Crippen molar-refractivity contribution in [2.45, 2.75) is 6.29 Å². The lowest BCUT2D eigenvalue weighted by Gasteiger charge is -2.29. The van der Waals surface area contributed by atoms with Crippen LogP contribution in [0, 0.1) is 0 Å². The molecule has 0 aromatic heterocycles. The molecule has 3 heterocycles. The number of morpholine rings is 1. The van der Waals surface area contributed by atoms with Crippen molar-refractivity contribution in [1.82, 2.24) is 10.4 Å². The van der Waals surface area contributed by atoms with E-state index in [-0.39, 0.29) is 6.29 Å². The number of hydrogen-bond acceptors (Lipinski definition) is 8. The van der Waals surface area contributed by atoms with Gasteiger partial charge in [0.15, 0.2) is 6.29 Å². The molecule has 0 radical (unpaired) electrons. The van der Waals surface area contributed by atoms with E-state index in [1.807, 2.05) is 41.4 Å². The van der Waals surface area contributed by atoms with Gasteiger partial charge in [-0.05, 0) is 54.6 Å². The first-order valence-electron chi connectivity index (χ1n) is 10.4. The SMILES string of the molecule is COc1ccc(C2=CC=CC3=NC(Nc4ccc(N5CCOCC5)cc4)NN23)cc1N. The van der Waals surface area contributed by atoms with Gasteiger partial charge in [0, 0.05) is 30.0 Å². The highest BCUT2D eigenvalue weighted by atomic mass is 16.5. The number of fused-ring (bicyclic) bond motifs is 1. The summed E-state index contributed by atoms with van der Waals surface area (Å²) < 4.78 is 10.7. The van der Waals surface area contributed by atoms with Gasteiger partial charge in [-0.2, -0.15) is 5.43 Å². The molecule has 0 spiro atoms. The number of benzene rings is 2. The molecule has 1 unspecified atom stereocenters. The zero-order valence-corrected chi connectivity index (χ0v) is 17.4. The van der Waals surface area contributed by atoms with Gasteiger partial charge in [0.2, 0.25) is 0 Å². The number of methoxy groups -OCH3 is 1.